The zero-order chi connectivity index (χ0) is 23.0. The molecule has 4 aromatic rings. The summed E-state index contributed by atoms with van der Waals surface area (Å²) < 4.78 is 39.9. The first-order valence-electron chi connectivity index (χ1n) is 9.17. The third-order valence-corrected chi connectivity index (χ3v) is 5.42. The molecule has 0 spiro atoms. The van der Waals surface area contributed by atoms with Crippen LogP contribution in [-0.4, -0.2) is 30.4 Å². The van der Waals surface area contributed by atoms with E-state index in [1.54, 1.807) is 30.3 Å². The van der Waals surface area contributed by atoms with Crippen molar-refractivity contribution in [1.29, 1.82) is 5.26 Å². The van der Waals surface area contributed by atoms with Gasteiger partial charge in [-0.25, -0.2) is 22.2 Å². The number of aromatic nitrogens is 2. The van der Waals surface area contributed by atoms with Crippen molar-refractivity contribution < 1.29 is 17.6 Å². The van der Waals surface area contributed by atoms with E-state index in [4.69, 9.17) is 11.6 Å². The molecule has 32 heavy (non-hydrogen) atoms. The van der Waals surface area contributed by atoms with E-state index in [9.17, 15) is 22.9 Å². The summed E-state index contributed by atoms with van der Waals surface area (Å²) in [7, 11) is -3.76. The fraction of sp³-hybridized carbons (Fsp3) is 0.0455. The highest BCUT2D eigenvalue weighted by molar-refractivity contribution is 7.89. The summed E-state index contributed by atoms with van der Waals surface area (Å²) in [4.78, 5) is 12.2. The molecule has 0 unspecified atom stereocenters. The number of amides is 1. The molecule has 0 saturated heterocycles. The molecule has 4 rings (SSSR count). The number of nitrogens with one attached hydrogen (secondary N) is 1. The standard InChI is InChI=1S/C22H14ClFN4O3S/c1-32(30,31)27-22(29)14-5-7-19(15(9-14)12-25)28-20-8-6-16(23)11-18(20)21(26-28)13-3-2-4-17(24)10-13/h2-11H,1H3,(H,27,29). The average molecular weight is 469 g/mol. The van der Waals surface area contributed by atoms with Gasteiger partial charge in [0.15, 0.2) is 0 Å². The van der Waals surface area contributed by atoms with Gasteiger partial charge >= 0.3 is 0 Å². The molecule has 0 radical (unpaired) electrons. The van der Waals surface area contributed by atoms with Crippen LogP contribution in [0, 0.1) is 17.1 Å². The number of hydrogen-bond donors (Lipinski definition) is 1. The number of hydrogen-bond acceptors (Lipinski definition) is 5. The Kier molecular flexibility index (Phi) is 5.42. The van der Waals surface area contributed by atoms with Crippen LogP contribution in [0.5, 0.6) is 0 Å². The molecular weight excluding hydrogens is 455 g/mol. The first kappa shape index (κ1) is 21.5. The Labute approximate surface area is 187 Å². The molecule has 1 heterocycles. The number of nitrogens with zero attached hydrogens (tertiary/aromatic N) is 3. The lowest BCUT2D eigenvalue weighted by molar-refractivity contribution is 0.0981. The van der Waals surface area contributed by atoms with Crippen molar-refractivity contribution in [3.05, 3.63) is 82.6 Å². The van der Waals surface area contributed by atoms with Crippen LogP contribution < -0.4 is 4.72 Å². The van der Waals surface area contributed by atoms with Gasteiger partial charge in [0.2, 0.25) is 10.0 Å². The third-order valence-electron chi connectivity index (χ3n) is 4.63. The molecule has 0 atom stereocenters. The SMILES string of the molecule is CS(=O)(=O)NC(=O)c1ccc(-n2nc(-c3cccc(F)c3)c3cc(Cl)ccc32)c(C#N)c1. The monoisotopic (exact) mass is 468 g/mol. The molecule has 0 aliphatic heterocycles. The van der Waals surface area contributed by atoms with Crippen molar-refractivity contribution in [2.45, 2.75) is 0 Å². The highest BCUT2D eigenvalue weighted by Crippen LogP contribution is 2.33. The van der Waals surface area contributed by atoms with Gasteiger partial charge in [0.05, 0.1) is 23.0 Å². The normalized spacial score (nSPS) is 11.3. The fourth-order valence-electron chi connectivity index (χ4n) is 3.30. The van der Waals surface area contributed by atoms with Gasteiger partial charge < -0.3 is 0 Å². The Morgan fingerprint density at radius 2 is 1.94 bits per heavy atom. The van der Waals surface area contributed by atoms with Crippen molar-refractivity contribution in [2.75, 3.05) is 6.26 Å². The van der Waals surface area contributed by atoms with E-state index < -0.39 is 21.7 Å². The maximum atomic E-state index is 13.8. The molecule has 0 aliphatic carbocycles. The number of fused-ring (bicyclic) bond motifs is 1. The second kappa shape index (κ2) is 8.07. The van der Waals surface area contributed by atoms with Crippen molar-refractivity contribution in [1.82, 2.24) is 14.5 Å². The van der Waals surface area contributed by atoms with Crippen LogP contribution in [0.15, 0.2) is 60.7 Å². The second-order valence-electron chi connectivity index (χ2n) is 6.98. The van der Waals surface area contributed by atoms with Gasteiger partial charge in [-0.3, -0.25) is 4.79 Å². The van der Waals surface area contributed by atoms with Crippen LogP contribution in [0.3, 0.4) is 0 Å². The maximum Gasteiger partial charge on any atom is 0.264 e. The summed E-state index contributed by atoms with van der Waals surface area (Å²) >= 11 is 6.17. The minimum atomic E-state index is -3.76. The molecule has 160 valence electrons. The minimum absolute atomic E-state index is 0.000542. The number of carbonyl (C=O) groups excluding carboxylic acids is 1. The van der Waals surface area contributed by atoms with Crippen LogP contribution in [0.2, 0.25) is 5.02 Å². The second-order valence-corrected chi connectivity index (χ2v) is 9.16. The topological polar surface area (TPSA) is 105 Å². The van der Waals surface area contributed by atoms with Crippen LogP contribution in [0.4, 0.5) is 4.39 Å². The van der Waals surface area contributed by atoms with E-state index in [-0.39, 0.29) is 11.1 Å². The molecular formula is C22H14ClFN4O3S. The van der Waals surface area contributed by atoms with Gasteiger partial charge in [0, 0.05) is 21.5 Å². The van der Waals surface area contributed by atoms with Gasteiger partial charge in [-0.1, -0.05) is 23.7 Å². The Bertz CT molecular complexity index is 1540. The van der Waals surface area contributed by atoms with Gasteiger partial charge in [-0.05, 0) is 48.5 Å². The molecule has 1 aromatic heterocycles. The first-order chi connectivity index (χ1) is 15.2. The first-order valence-corrected chi connectivity index (χ1v) is 11.4. The van der Waals surface area contributed by atoms with E-state index in [1.165, 1.54) is 35.0 Å². The van der Waals surface area contributed by atoms with Crippen molar-refractivity contribution in [3.8, 4) is 23.0 Å². The van der Waals surface area contributed by atoms with Crippen molar-refractivity contribution in [2.24, 2.45) is 0 Å². The number of nitriles is 1. The molecule has 1 amide bonds. The van der Waals surface area contributed by atoms with Crippen molar-refractivity contribution >= 4 is 38.4 Å². The Morgan fingerprint density at radius 1 is 1.16 bits per heavy atom. The van der Waals surface area contributed by atoms with Gasteiger partial charge in [0.25, 0.3) is 5.91 Å². The van der Waals surface area contributed by atoms with E-state index in [0.29, 0.717) is 32.9 Å². The third kappa shape index (κ3) is 4.19. The zero-order valence-electron chi connectivity index (χ0n) is 16.5. The number of halogens is 2. The minimum Gasteiger partial charge on any atom is -0.268 e. The largest absolute Gasteiger partial charge is 0.268 e. The lowest BCUT2D eigenvalue weighted by Crippen LogP contribution is -2.29. The van der Waals surface area contributed by atoms with E-state index in [2.05, 4.69) is 5.10 Å². The summed E-state index contributed by atoms with van der Waals surface area (Å²) in [6.07, 6.45) is 0.861. The van der Waals surface area contributed by atoms with Crippen LogP contribution in [-0.2, 0) is 10.0 Å². The number of rotatable bonds is 4. The van der Waals surface area contributed by atoms with E-state index in [1.807, 2.05) is 10.8 Å². The smallest absolute Gasteiger partial charge is 0.264 e. The van der Waals surface area contributed by atoms with E-state index in [0.717, 1.165) is 6.26 Å². The van der Waals surface area contributed by atoms with E-state index >= 15 is 0 Å². The molecule has 10 heteroatoms. The molecule has 0 fully saturated rings. The summed E-state index contributed by atoms with van der Waals surface area (Å²) in [5.74, 6) is -1.28. The van der Waals surface area contributed by atoms with Crippen LogP contribution >= 0.6 is 11.6 Å². The lowest BCUT2D eigenvalue weighted by Gasteiger charge is -2.08. The highest BCUT2D eigenvalue weighted by Gasteiger charge is 2.19. The Morgan fingerprint density at radius 3 is 2.62 bits per heavy atom. The molecule has 1 N–H and O–H groups in total. The molecule has 7 nitrogen and oxygen atoms in total. The van der Waals surface area contributed by atoms with Gasteiger partial charge in [-0.2, -0.15) is 10.4 Å². The lowest BCUT2D eigenvalue weighted by atomic mass is 10.1. The predicted molar refractivity (Wildman–Crippen MR) is 118 cm³/mol. The molecule has 0 bridgehead atoms. The summed E-state index contributed by atoms with van der Waals surface area (Å²) in [6.45, 7) is 0. The van der Waals surface area contributed by atoms with Crippen molar-refractivity contribution in [3.63, 3.8) is 0 Å². The molecule has 3 aromatic carbocycles. The summed E-state index contributed by atoms with van der Waals surface area (Å²) in [6, 6.07) is 17.2. The molecule has 0 saturated carbocycles. The van der Waals surface area contributed by atoms with Crippen LogP contribution in [0.25, 0.3) is 27.8 Å². The average Bonchev–Trinajstić information content (AvgIpc) is 3.10. The van der Waals surface area contributed by atoms with Gasteiger partial charge in [-0.15, -0.1) is 0 Å². The Balaban J connectivity index is 1.91. The Hall–Kier alpha value is -3.74. The summed E-state index contributed by atoms with van der Waals surface area (Å²) in [5.41, 5.74) is 2.05. The number of benzene rings is 3. The fourth-order valence-corrected chi connectivity index (χ4v) is 3.93. The zero-order valence-corrected chi connectivity index (χ0v) is 18.1. The predicted octanol–water partition coefficient (Wildman–Crippen LogP) is 4.05. The maximum absolute atomic E-state index is 13.8. The number of sulfonamides is 1. The number of carbonyl (C=O) groups is 1. The van der Waals surface area contributed by atoms with Gasteiger partial charge in [0.1, 0.15) is 17.6 Å². The van der Waals surface area contributed by atoms with Crippen LogP contribution in [0.1, 0.15) is 15.9 Å². The quantitative estimate of drug-likeness (QED) is 0.486. The highest BCUT2D eigenvalue weighted by atomic mass is 35.5. The summed E-state index contributed by atoms with van der Waals surface area (Å²) in [5, 5.41) is 15.4. The molecule has 0 aliphatic rings.